The molecule has 0 saturated heterocycles. The largest absolute Gasteiger partial charge is 0.390 e. The van der Waals surface area contributed by atoms with Gasteiger partial charge < -0.3 is 10.2 Å². The summed E-state index contributed by atoms with van der Waals surface area (Å²) in [6.07, 6.45) is -0.654. The van der Waals surface area contributed by atoms with Crippen molar-refractivity contribution < 1.29 is 15.1 Å². The Morgan fingerprint density at radius 2 is 2.00 bits per heavy atom. The van der Waals surface area contributed by atoms with Crippen LogP contribution in [-0.2, 0) is 0 Å². The highest BCUT2D eigenvalue weighted by Gasteiger charge is 2.38. The molecule has 0 aromatic heterocycles. The van der Waals surface area contributed by atoms with Crippen LogP contribution in [-0.4, -0.2) is 33.4 Å². The van der Waals surface area contributed by atoms with Gasteiger partial charge in [-0.2, -0.15) is 0 Å². The lowest BCUT2D eigenvalue weighted by atomic mass is 9.91. The summed E-state index contributed by atoms with van der Waals surface area (Å²) < 4.78 is 0. The first kappa shape index (κ1) is 8.42. The highest BCUT2D eigenvalue weighted by Crippen LogP contribution is 2.20. The number of aliphatic hydroxyl groups excluding tert-OH is 2. The number of nitrogens with zero attached hydrogens (tertiary/aromatic N) is 1. The van der Waals surface area contributed by atoms with Crippen molar-refractivity contribution in [2.75, 3.05) is 0 Å². The maximum Gasteiger partial charge on any atom is 0.241 e. The normalized spacial score (nSPS) is 38.5. The Morgan fingerprint density at radius 3 is 2.45 bits per heavy atom. The summed E-state index contributed by atoms with van der Waals surface area (Å²) in [5, 5.41) is 28.4. The number of rotatable bonds is 1. The Balaban J connectivity index is 2.58. The van der Waals surface area contributed by atoms with Crippen LogP contribution in [0, 0.1) is 10.1 Å². The molecule has 1 aliphatic carbocycles. The van der Waals surface area contributed by atoms with E-state index in [-0.39, 0.29) is 0 Å². The lowest BCUT2D eigenvalue weighted by molar-refractivity contribution is -0.540. The SMILES string of the molecule is O=[N+]([O-])C1CCCC(O)C1O. The molecule has 0 aromatic rings. The molecule has 11 heavy (non-hydrogen) atoms. The second-order valence-electron chi connectivity index (χ2n) is 2.84. The van der Waals surface area contributed by atoms with Crippen LogP contribution in [0.25, 0.3) is 0 Å². The third-order valence-corrected chi connectivity index (χ3v) is 2.06. The van der Waals surface area contributed by atoms with Gasteiger partial charge in [0.1, 0.15) is 6.10 Å². The van der Waals surface area contributed by atoms with Crippen LogP contribution < -0.4 is 0 Å². The van der Waals surface area contributed by atoms with E-state index in [1.54, 1.807) is 0 Å². The fraction of sp³-hybridized carbons (Fsp3) is 1.00. The van der Waals surface area contributed by atoms with Gasteiger partial charge in [0.2, 0.25) is 6.04 Å². The number of hydrogen-bond acceptors (Lipinski definition) is 4. The van der Waals surface area contributed by atoms with E-state index in [4.69, 9.17) is 10.2 Å². The fourth-order valence-electron chi connectivity index (χ4n) is 1.36. The van der Waals surface area contributed by atoms with Crippen molar-refractivity contribution in [3.05, 3.63) is 10.1 Å². The van der Waals surface area contributed by atoms with Crippen molar-refractivity contribution in [3.8, 4) is 0 Å². The molecule has 3 atom stereocenters. The molecule has 1 rings (SSSR count). The zero-order valence-corrected chi connectivity index (χ0v) is 6.01. The molecule has 1 saturated carbocycles. The zero-order chi connectivity index (χ0) is 8.43. The Bertz CT molecular complexity index is 161. The molecule has 0 aliphatic heterocycles. The summed E-state index contributed by atoms with van der Waals surface area (Å²) >= 11 is 0. The van der Waals surface area contributed by atoms with E-state index < -0.39 is 23.2 Å². The van der Waals surface area contributed by atoms with Crippen LogP contribution in [0.15, 0.2) is 0 Å². The van der Waals surface area contributed by atoms with Crippen LogP contribution in [0.1, 0.15) is 19.3 Å². The first-order valence-electron chi connectivity index (χ1n) is 3.62. The molecule has 1 aliphatic rings. The van der Waals surface area contributed by atoms with E-state index in [9.17, 15) is 10.1 Å². The van der Waals surface area contributed by atoms with Gasteiger partial charge in [0.05, 0.1) is 6.10 Å². The minimum Gasteiger partial charge on any atom is -0.390 e. The highest BCUT2D eigenvalue weighted by atomic mass is 16.6. The third kappa shape index (κ3) is 1.66. The smallest absolute Gasteiger partial charge is 0.241 e. The Hall–Kier alpha value is -0.680. The first-order valence-corrected chi connectivity index (χ1v) is 3.62. The second-order valence-corrected chi connectivity index (χ2v) is 2.84. The molecule has 5 heteroatoms. The average Bonchev–Trinajstić information content (AvgIpc) is 1.94. The molecular weight excluding hydrogens is 150 g/mol. The molecule has 2 N–H and O–H groups in total. The fourth-order valence-corrected chi connectivity index (χ4v) is 1.36. The first-order chi connectivity index (χ1) is 5.13. The van der Waals surface area contributed by atoms with Gasteiger partial charge in [0.15, 0.2) is 0 Å². The molecule has 0 radical (unpaired) electrons. The molecule has 1 fully saturated rings. The van der Waals surface area contributed by atoms with Crippen LogP contribution in [0.4, 0.5) is 0 Å². The Labute approximate surface area is 63.8 Å². The molecule has 64 valence electrons. The van der Waals surface area contributed by atoms with Crippen molar-refractivity contribution >= 4 is 0 Å². The van der Waals surface area contributed by atoms with Gasteiger partial charge in [0, 0.05) is 11.3 Å². The lowest BCUT2D eigenvalue weighted by Gasteiger charge is -2.25. The minimum atomic E-state index is -1.18. The van der Waals surface area contributed by atoms with E-state index in [0.717, 1.165) is 0 Å². The average molecular weight is 161 g/mol. The second kappa shape index (κ2) is 3.15. The third-order valence-electron chi connectivity index (χ3n) is 2.06. The Morgan fingerprint density at radius 1 is 1.36 bits per heavy atom. The van der Waals surface area contributed by atoms with Crippen LogP contribution in [0.3, 0.4) is 0 Å². The van der Waals surface area contributed by atoms with Gasteiger partial charge in [-0.15, -0.1) is 0 Å². The predicted octanol–water partition coefficient (Wildman–Crippen LogP) is -0.463. The van der Waals surface area contributed by atoms with Gasteiger partial charge >= 0.3 is 0 Å². The van der Waals surface area contributed by atoms with E-state index in [0.29, 0.717) is 19.3 Å². The minimum absolute atomic E-state index is 0.366. The molecule has 0 bridgehead atoms. The van der Waals surface area contributed by atoms with Gasteiger partial charge in [-0.05, 0) is 12.8 Å². The van der Waals surface area contributed by atoms with E-state index in [1.165, 1.54) is 0 Å². The van der Waals surface area contributed by atoms with Crippen molar-refractivity contribution in [1.29, 1.82) is 0 Å². The monoisotopic (exact) mass is 161 g/mol. The topological polar surface area (TPSA) is 83.6 Å². The number of aliphatic hydroxyl groups is 2. The van der Waals surface area contributed by atoms with Gasteiger partial charge in [-0.25, -0.2) is 0 Å². The van der Waals surface area contributed by atoms with Crippen molar-refractivity contribution in [2.45, 2.75) is 37.5 Å². The van der Waals surface area contributed by atoms with Crippen molar-refractivity contribution in [2.24, 2.45) is 0 Å². The maximum atomic E-state index is 10.2. The summed E-state index contributed by atoms with van der Waals surface area (Å²) in [5.41, 5.74) is 0. The summed E-state index contributed by atoms with van der Waals surface area (Å²) in [6.45, 7) is 0. The number of hydrogen-bond donors (Lipinski definition) is 2. The molecule has 0 heterocycles. The number of nitro groups is 1. The maximum absolute atomic E-state index is 10.2. The van der Waals surface area contributed by atoms with Crippen molar-refractivity contribution in [1.82, 2.24) is 0 Å². The van der Waals surface area contributed by atoms with Crippen LogP contribution >= 0.6 is 0 Å². The van der Waals surface area contributed by atoms with Crippen LogP contribution in [0.5, 0.6) is 0 Å². The van der Waals surface area contributed by atoms with Gasteiger partial charge in [-0.3, -0.25) is 10.1 Å². The van der Waals surface area contributed by atoms with E-state index in [2.05, 4.69) is 0 Å². The quantitative estimate of drug-likeness (QED) is 0.402. The molecule has 0 spiro atoms. The van der Waals surface area contributed by atoms with E-state index in [1.807, 2.05) is 0 Å². The van der Waals surface area contributed by atoms with Gasteiger partial charge in [-0.1, -0.05) is 0 Å². The van der Waals surface area contributed by atoms with E-state index >= 15 is 0 Å². The summed E-state index contributed by atoms with van der Waals surface area (Å²) in [4.78, 5) is 9.72. The standard InChI is InChI=1S/C6H11NO4/c8-5-3-1-2-4(6(5)9)7(10)11/h4-6,8-9H,1-3H2. The highest BCUT2D eigenvalue weighted by molar-refractivity contribution is 4.81. The summed E-state index contributed by atoms with van der Waals surface area (Å²) in [7, 11) is 0. The molecular formula is C6H11NO4. The van der Waals surface area contributed by atoms with Crippen molar-refractivity contribution in [3.63, 3.8) is 0 Å². The molecule has 0 amide bonds. The van der Waals surface area contributed by atoms with Crippen LogP contribution in [0.2, 0.25) is 0 Å². The summed E-state index contributed by atoms with van der Waals surface area (Å²) in [6, 6.07) is -0.973. The Kier molecular flexibility index (Phi) is 2.41. The summed E-state index contributed by atoms with van der Waals surface area (Å²) in [5.74, 6) is 0. The predicted molar refractivity (Wildman–Crippen MR) is 36.6 cm³/mol. The molecule has 3 unspecified atom stereocenters. The zero-order valence-electron chi connectivity index (χ0n) is 6.01. The molecule has 0 aromatic carbocycles. The lowest BCUT2D eigenvalue weighted by Crippen LogP contribution is -2.45. The molecule has 5 nitrogen and oxygen atoms in total. The van der Waals surface area contributed by atoms with Gasteiger partial charge in [0.25, 0.3) is 0 Å².